The van der Waals surface area contributed by atoms with Crippen LogP contribution in [0.25, 0.3) is 0 Å². The van der Waals surface area contributed by atoms with Gasteiger partial charge >= 0.3 is 0 Å². The minimum Gasteiger partial charge on any atom is -0.384 e. The Hall–Kier alpha value is -1.55. The van der Waals surface area contributed by atoms with Gasteiger partial charge in [0.15, 0.2) is 0 Å². The second kappa shape index (κ2) is 4.37. The summed E-state index contributed by atoms with van der Waals surface area (Å²) in [6, 6.07) is 10.8. The first-order valence-electron chi connectivity index (χ1n) is 5.84. The quantitative estimate of drug-likeness (QED) is 0.900. The molecule has 0 bridgehead atoms. The molecule has 2 heterocycles. The molecule has 3 rings (SSSR count). The summed E-state index contributed by atoms with van der Waals surface area (Å²) in [6.07, 6.45) is 2.53. The van der Waals surface area contributed by atoms with Gasteiger partial charge in [0.05, 0.1) is 6.54 Å². The molecule has 0 spiro atoms. The third-order valence-corrected chi connectivity index (χ3v) is 3.81. The predicted molar refractivity (Wildman–Crippen MR) is 72.2 cm³/mol. The van der Waals surface area contributed by atoms with Crippen molar-refractivity contribution in [1.82, 2.24) is 4.98 Å². The van der Waals surface area contributed by atoms with Crippen LogP contribution in [0.1, 0.15) is 17.7 Å². The lowest BCUT2D eigenvalue weighted by Gasteiger charge is -2.23. The molecular weight excluding hydrogens is 230 g/mol. The van der Waals surface area contributed by atoms with E-state index in [1.165, 1.54) is 17.7 Å². The summed E-state index contributed by atoms with van der Waals surface area (Å²) >= 11 is 1.79. The van der Waals surface area contributed by atoms with E-state index in [1.807, 2.05) is 18.2 Å². The number of hydrogen-bond donors (Lipinski definition) is 1. The van der Waals surface area contributed by atoms with E-state index in [9.17, 15) is 0 Å². The molecule has 0 aliphatic heterocycles. The van der Waals surface area contributed by atoms with Gasteiger partial charge in [0.25, 0.3) is 0 Å². The number of hydrogen-bond acceptors (Lipinski definition) is 4. The molecule has 0 unspecified atom stereocenters. The zero-order valence-electron chi connectivity index (χ0n) is 9.54. The van der Waals surface area contributed by atoms with Crippen LogP contribution in [-0.2, 0) is 6.54 Å². The average Bonchev–Trinajstić information content (AvgIpc) is 3.03. The summed E-state index contributed by atoms with van der Waals surface area (Å²) in [5, 5.41) is 2.12. The first-order chi connectivity index (χ1) is 8.33. The minimum absolute atomic E-state index is 0.597. The van der Waals surface area contributed by atoms with E-state index in [1.54, 1.807) is 11.3 Å². The Bertz CT molecular complexity index is 491. The fraction of sp³-hybridized carbons (Fsp3) is 0.308. The van der Waals surface area contributed by atoms with Crippen LogP contribution in [0, 0.1) is 0 Å². The molecular formula is C13H15N3S. The van der Waals surface area contributed by atoms with Crippen molar-refractivity contribution in [2.75, 3.05) is 10.6 Å². The van der Waals surface area contributed by atoms with Gasteiger partial charge in [0.2, 0.25) is 0 Å². The molecule has 88 valence electrons. The van der Waals surface area contributed by atoms with Gasteiger partial charge < -0.3 is 10.6 Å². The summed E-state index contributed by atoms with van der Waals surface area (Å²) in [6.45, 7) is 0.943. The Morgan fingerprint density at radius 3 is 2.82 bits per heavy atom. The Labute approximate surface area is 105 Å². The Kier molecular flexibility index (Phi) is 2.73. The highest BCUT2D eigenvalue weighted by atomic mass is 32.1. The van der Waals surface area contributed by atoms with Crippen LogP contribution in [0.4, 0.5) is 11.6 Å². The first kappa shape index (κ1) is 10.6. The van der Waals surface area contributed by atoms with E-state index < -0.39 is 0 Å². The van der Waals surface area contributed by atoms with Crippen molar-refractivity contribution in [3.63, 3.8) is 0 Å². The zero-order chi connectivity index (χ0) is 11.7. The topological polar surface area (TPSA) is 42.1 Å². The molecule has 0 atom stereocenters. The normalized spacial score (nSPS) is 14.8. The van der Waals surface area contributed by atoms with Crippen LogP contribution in [-0.4, -0.2) is 11.0 Å². The third-order valence-electron chi connectivity index (χ3n) is 2.94. The highest BCUT2D eigenvalue weighted by Crippen LogP contribution is 2.32. The van der Waals surface area contributed by atoms with E-state index in [4.69, 9.17) is 5.73 Å². The maximum atomic E-state index is 5.76. The lowest BCUT2D eigenvalue weighted by Crippen LogP contribution is -2.25. The molecule has 1 saturated carbocycles. The van der Waals surface area contributed by atoms with E-state index >= 15 is 0 Å². The van der Waals surface area contributed by atoms with Crippen LogP contribution in [0.2, 0.25) is 0 Å². The number of pyridine rings is 1. The number of nitrogens with zero attached hydrogens (tertiary/aromatic N) is 2. The molecule has 3 nitrogen and oxygen atoms in total. The number of aromatic nitrogens is 1. The van der Waals surface area contributed by atoms with Crippen molar-refractivity contribution in [2.45, 2.75) is 25.4 Å². The van der Waals surface area contributed by atoms with E-state index in [-0.39, 0.29) is 0 Å². The summed E-state index contributed by atoms with van der Waals surface area (Å²) in [7, 11) is 0. The molecule has 2 N–H and O–H groups in total. The number of thiophene rings is 1. The fourth-order valence-electron chi connectivity index (χ4n) is 1.95. The molecule has 0 saturated heterocycles. The number of anilines is 2. The molecule has 1 aliphatic carbocycles. The second-order valence-electron chi connectivity index (χ2n) is 4.36. The summed E-state index contributed by atoms with van der Waals surface area (Å²) < 4.78 is 0. The molecule has 0 amide bonds. The van der Waals surface area contributed by atoms with Crippen LogP contribution in [0.15, 0.2) is 35.7 Å². The molecule has 1 fully saturated rings. The Morgan fingerprint density at radius 2 is 2.18 bits per heavy atom. The maximum Gasteiger partial charge on any atom is 0.131 e. The van der Waals surface area contributed by atoms with Gasteiger partial charge in [-0.3, -0.25) is 0 Å². The third kappa shape index (κ3) is 2.42. The lowest BCUT2D eigenvalue weighted by atomic mass is 10.3. The summed E-state index contributed by atoms with van der Waals surface area (Å²) in [5.41, 5.74) is 5.76. The summed E-state index contributed by atoms with van der Waals surface area (Å²) in [5.74, 6) is 1.60. The van der Waals surface area contributed by atoms with Gasteiger partial charge in [0, 0.05) is 10.9 Å². The van der Waals surface area contributed by atoms with Crippen molar-refractivity contribution in [3.8, 4) is 0 Å². The molecule has 17 heavy (non-hydrogen) atoms. The number of nitrogen functional groups attached to an aromatic ring is 1. The lowest BCUT2D eigenvalue weighted by molar-refractivity contribution is 0.787. The standard InChI is InChI=1S/C13H15N3S/c14-12-4-1-5-13(15-12)16(10-6-7-10)9-11-3-2-8-17-11/h1-5,8,10H,6-7,9H2,(H2,14,15). The van der Waals surface area contributed by atoms with E-state index in [2.05, 4.69) is 27.4 Å². The molecule has 2 aromatic rings. The number of rotatable bonds is 4. The monoisotopic (exact) mass is 245 g/mol. The van der Waals surface area contributed by atoms with Gasteiger partial charge in [-0.2, -0.15) is 0 Å². The number of nitrogens with two attached hydrogens (primary N) is 1. The molecule has 0 aromatic carbocycles. The van der Waals surface area contributed by atoms with Crippen molar-refractivity contribution in [2.24, 2.45) is 0 Å². The van der Waals surface area contributed by atoms with E-state index in [0.29, 0.717) is 11.9 Å². The fourth-order valence-corrected chi connectivity index (χ4v) is 2.66. The van der Waals surface area contributed by atoms with Crippen molar-refractivity contribution in [3.05, 3.63) is 40.6 Å². The Morgan fingerprint density at radius 1 is 1.29 bits per heavy atom. The SMILES string of the molecule is Nc1cccc(N(Cc2cccs2)C2CC2)n1. The average molecular weight is 245 g/mol. The van der Waals surface area contributed by atoms with Crippen molar-refractivity contribution < 1.29 is 0 Å². The molecule has 2 aromatic heterocycles. The van der Waals surface area contributed by atoms with Gasteiger partial charge in [-0.15, -0.1) is 11.3 Å². The second-order valence-corrected chi connectivity index (χ2v) is 5.39. The predicted octanol–water partition coefficient (Wildman–Crippen LogP) is 2.89. The smallest absolute Gasteiger partial charge is 0.131 e. The molecule has 1 aliphatic rings. The van der Waals surface area contributed by atoms with Gasteiger partial charge in [-0.25, -0.2) is 4.98 Å². The van der Waals surface area contributed by atoms with E-state index in [0.717, 1.165) is 12.4 Å². The largest absolute Gasteiger partial charge is 0.384 e. The highest BCUT2D eigenvalue weighted by Gasteiger charge is 2.30. The minimum atomic E-state index is 0.597. The zero-order valence-corrected chi connectivity index (χ0v) is 10.4. The highest BCUT2D eigenvalue weighted by molar-refractivity contribution is 7.09. The van der Waals surface area contributed by atoms with Crippen LogP contribution in [0.3, 0.4) is 0 Å². The molecule has 0 radical (unpaired) electrons. The van der Waals surface area contributed by atoms with Crippen molar-refractivity contribution >= 4 is 23.0 Å². The maximum absolute atomic E-state index is 5.76. The first-order valence-corrected chi connectivity index (χ1v) is 6.72. The van der Waals surface area contributed by atoms with Crippen LogP contribution < -0.4 is 10.6 Å². The Balaban J connectivity index is 1.85. The van der Waals surface area contributed by atoms with Gasteiger partial charge in [0.1, 0.15) is 11.6 Å². The van der Waals surface area contributed by atoms with Crippen LogP contribution in [0.5, 0.6) is 0 Å². The van der Waals surface area contributed by atoms with Crippen LogP contribution >= 0.6 is 11.3 Å². The van der Waals surface area contributed by atoms with Gasteiger partial charge in [-0.1, -0.05) is 12.1 Å². The van der Waals surface area contributed by atoms with Crippen molar-refractivity contribution in [1.29, 1.82) is 0 Å². The molecule has 4 heteroatoms. The van der Waals surface area contributed by atoms with Gasteiger partial charge in [-0.05, 0) is 36.4 Å². The summed E-state index contributed by atoms with van der Waals surface area (Å²) in [4.78, 5) is 8.16.